The molecule has 0 saturated heterocycles. The lowest BCUT2D eigenvalue weighted by Crippen LogP contribution is -2.26. The van der Waals surface area contributed by atoms with Crippen molar-refractivity contribution in [1.82, 2.24) is 4.98 Å². The monoisotopic (exact) mass is 473 g/mol. The zero-order valence-electron chi connectivity index (χ0n) is 20.0. The zero-order chi connectivity index (χ0) is 24.1. The predicted molar refractivity (Wildman–Crippen MR) is 143 cm³/mol. The number of hydrogen-bond acceptors (Lipinski definition) is 5. The van der Waals surface area contributed by atoms with Gasteiger partial charge in [-0.3, -0.25) is 10.1 Å². The van der Waals surface area contributed by atoms with Crippen molar-refractivity contribution in [3.05, 3.63) is 98.7 Å². The number of fused-ring (bicyclic) bond motifs is 1. The number of nitro groups is 1. The quantitative estimate of drug-likeness (QED) is 0.203. The van der Waals surface area contributed by atoms with Gasteiger partial charge in [0.1, 0.15) is 5.01 Å². The van der Waals surface area contributed by atoms with Gasteiger partial charge in [-0.2, -0.15) is 0 Å². The zero-order valence-corrected chi connectivity index (χ0v) is 20.8. The van der Waals surface area contributed by atoms with E-state index in [-0.39, 0.29) is 10.8 Å². The molecule has 0 bridgehead atoms. The number of likely N-dealkylation sites (N-methyl/N-ethyl adjacent to an activating group) is 1. The van der Waals surface area contributed by atoms with Crippen LogP contribution in [0.5, 0.6) is 0 Å². The molecule has 1 aliphatic carbocycles. The van der Waals surface area contributed by atoms with Crippen molar-refractivity contribution in [3.8, 4) is 0 Å². The van der Waals surface area contributed by atoms with Crippen LogP contribution in [0.3, 0.4) is 0 Å². The minimum Gasteiger partial charge on any atom is -0.344 e. The lowest BCUT2D eigenvalue weighted by Gasteiger charge is -2.27. The van der Waals surface area contributed by atoms with E-state index in [0.717, 1.165) is 34.8 Å². The minimum atomic E-state index is -0.423. The van der Waals surface area contributed by atoms with Crippen LogP contribution in [0.25, 0.3) is 16.3 Å². The molecule has 1 fully saturated rings. The summed E-state index contributed by atoms with van der Waals surface area (Å²) >= 11 is 1.69. The summed E-state index contributed by atoms with van der Waals surface area (Å²) < 4.78 is 1.17. The summed E-state index contributed by atoms with van der Waals surface area (Å²) in [4.78, 5) is 18.3. The van der Waals surface area contributed by atoms with Gasteiger partial charge in [0.2, 0.25) is 6.04 Å². The van der Waals surface area contributed by atoms with E-state index in [9.17, 15) is 10.1 Å². The summed E-state index contributed by atoms with van der Waals surface area (Å²) in [6, 6.07) is 16.1. The first-order chi connectivity index (χ1) is 16.5. The average molecular weight is 474 g/mol. The Morgan fingerprint density at radius 1 is 1.12 bits per heavy atom. The standard InChI is InChI=1S/C28H31N3O2S/c1-4-9-24(30(3)26-12-7-5-10-20(26)2)18-22(21-14-16-23(17-15-21)31(32)33)19-28-29-25-11-6-8-13-27(25)34-28/h4-13,18-19,21,23H,14-17H2,1-3H3/b9-4-,22-19-,24-18+. The van der Waals surface area contributed by atoms with Crippen LogP contribution in [0.4, 0.5) is 5.69 Å². The smallest absolute Gasteiger partial charge is 0.213 e. The maximum Gasteiger partial charge on any atom is 0.213 e. The Kier molecular flexibility index (Phi) is 7.58. The van der Waals surface area contributed by atoms with E-state index in [4.69, 9.17) is 4.98 Å². The van der Waals surface area contributed by atoms with Crippen LogP contribution in [-0.4, -0.2) is 23.0 Å². The molecule has 6 heteroatoms. The Labute approximate surface area is 205 Å². The highest BCUT2D eigenvalue weighted by molar-refractivity contribution is 7.19. The highest BCUT2D eigenvalue weighted by Crippen LogP contribution is 2.35. The number of nitrogens with zero attached hydrogens (tertiary/aromatic N) is 3. The van der Waals surface area contributed by atoms with Crippen molar-refractivity contribution < 1.29 is 4.92 Å². The molecule has 5 nitrogen and oxygen atoms in total. The second kappa shape index (κ2) is 10.8. The summed E-state index contributed by atoms with van der Waals surface area (Å²) in [6.07, 6.45) is 11.5. The number of allylic oxidation sites excluding steroid dienone is 4. The average Bonchev–Trinajstić information content (AvgIpc) is 3.25. The van der Waals surface area contributed by atoms with E-state index in [2.05, 4.69) is 73.5 Å². The summed E-state index contributed by atoms with van der Waals surface area (Å²) in [5, 5.41) is 12.3. The number of aromatic nitrogens is 1. The molecule has 1 saturated carbocycles. The van der Waals surface area contributed by atoms with Gasteiger partial charge in [-0.15, -0.1) is 11.3 Å². The van der Waals surface area contributed by atoms with Crippen LogP contribution in [0.1, 0.15) is 43.2 Å². The van der Waals surface area contributed by atoms with Crippen molar-refractivity contribution in [2.24, 2.45) is 5.92 Å². The summed E-state index contributed by atoms with van der Waals surface area (Å²) in [5.74, 6) is 0.272. The third-order valence-electron chi connectivity index (χ3n) is 6.58. The Hall–Kier alpha value is -3.25. The summed E-state index contributed by atoms with van der Waals surface area (Å²) in [5.41, 5.74) is 5.65. The fraction of sp³-hybridized carbons (Fsp3) is 0.321. The van der Waals surface area contributed by atoms with Gasteiger partial charge < -0.3 is 4.90 Å². The van der Waals surface area contributed by atoms with Crippen molar-refractivity contribution in [2.45, 2.75) is 45.6 Å². The molecular formula is C28H31N3O2S. The molecule has 34 heavy (non-hydrogen) atoms. The predicted octanol–water partition coefficient (Wildman–Crippen LogP) is 7.42. The molecule has 0 amide bonds. The molecule has 2 aromatic carbocycles. The van der Waals surface area contributed by atoms with E-state index in [1.165, 1.54) is 15.8 Å². The van der Waals surface area contributed by atoms with Crippen LogP contribution < -0.4 is 4.90 Å². The van der Waals surface area contributed by atoms with Crippen LogP contribution in [0.2, 0.25) is 0 Å². The fourth-order valence-electron chi connectivity index (χ4n) is 4.67. The molecule has 0 N–H and O–H groups in total. The molecule has 0 spiro atoms. The molecule has 4 rings (SSSR count). The van der Waals surface area contributed by atoms with Crippen molar-refractivity contribution >= 4 is 33.3 Å². The van der Waals surface area contributed by atoms with Gasteiger partial charge in [-0.1, -0.05) is 36.4 Å². The number of aryl methyl sites for hydroxylation is 1. The van der Waals surface area contributed by atoms with Crippen LogP contribution in [0, 0.1) is 23.0 Å². The Morgan fingerprint density at radius 2 is 1.82 bits per heavy atom. The van der Waals surface area contributed by atoms with Gasteiger partial charge in [0.25, 0.3) is 0 Å². The molecule has 3 aromatic rings. The van der Waals surface area contributed by atoms with Crippen molar-refractivity contribution in [1.29, 1.82) is 0 Å². The van der Waals surface area contributed by atoms with E-state index >= 15 is 0 Å². The topological polar surface area (TPSA) is 59.3 Å². The number of anilines is 1. The highest BCUT2D eigenvalue weighted by Gasteiger charge is 2.30. The third kappa shape index (κ3) is 5.45. The lowest BCUT2D eigenvalue weighted by molar-refractivity contribution is -0.526. The van der Waals surface area contributed by atoms with Crippen LogP contribution in [-0.2, 0) is 0 Å². The third-order valence-corrected chi connectivity index (χ3v) is 7.57. The normalized spacial score (nSPS) is 19.6. The van der Waals surface area contributed by atoms with Gasteiger partial charge in [0, 0.05) is 36.2 Å². The number of para-hydroxylation sites is 2. The summed E-state index contributed by atoms with van der Waals surface area (Å²) in [6.45, 7) is 4.15. The minimum absolute atomic E-state index is 0.111. The molecule has 0 radical (unpaired) electrons. The highest BCUT2D eigenvalue weighted by atomic mass is 32.1. The molecule has 0 aliphatic heterocycles. The Bertz CT molecular complexity index is 1220. The molecule has 176 valence electrons. The van der Waals surface area contributed by atoms with Gasteiger partial charge in [0.05, 0.1) is 10.2 Å². The second-order valence-electron chi connectivity index (χ2n) is 8.87. The Balaban J connectivity index is 1.74. The van der Waals surface area contributed by atoms with Crippen LogP contribution in [0.15, 0.2) is 78.0 Å². The second-order valence-corrected chi connectivity index (χ2v) is 9.93. The first kappa shape index (κ1) is 23.9. The largest absolute Gasteiger partial charge is 0.344 e. The van der Waals surface area contributed by atoms with Crippen molar-refractivity contribution in [3.63, 3.8) is 0 Å². The molecule has 0 unspecified atom stereocenters. The molecule has 1 heterocycles. The maximum absolute atomic E-state index is 11.3. The molecule has 0 atom stereocenters. The van der Waals surface area contributed by atoms with E-state index < -0.39 is 6.04 Å². The number of thiazole rings is 1. The lowest BCUT2D eigenvalue weighted by atomic mass is 9.81. The molecule has 1 aromatic heterocycles. The van der Waals surface area contributed by atoms with Gasteiger partial charge in [0.15, 0.2) is 0 Å². The van der Waals surface area contributed by atoms with Gasteiger partial charge in [-0.25, -0.2) is 4.98 Å². The van der Waals surface area contributed by atoms with Crippen LogP contribution >= 0.6 is 11.3 Å². The first-order valence-electron chi connectivity index (χ1n) is 11.8. The fourth-order valence-corrected chi connectivity index (χ4v) is 5.60. The van der Waals surface area contributed by atoms with Gasteiger partial charge >= 0.3 is 0 Å². The van der Waals surface area contributed by atoms with Crippen molar-refractivity contribution in [2.75, 3.05) is 11.9 Å². The van der Waals surface area contributed by atoms with E-state index in [1.807, 2.05) is 25.1 Å². The van der Waals surface area contributed by atoms with E-state index in [0.29, 0.717) is 12.8 Å². The number of rotatable bonds is 7. The number of benzene rings is 2. The summed E-state index contributed by atoms with van der Waals surface area (Å²) in [7, 11) is 2.09. The van der Waals surface area contributed by atoms with E-state index in [1.54, 1.807) is 11.3 Å². The molecular weight excluding hydrogens is 442 g/mol. The Morgan fingerprint density at radius 3 is 2.50 bits per heavy atom. The number of hydrogen-bond donors (Lipinski definition) is 0. The first-order valence-corrected chi connectivity index (χ1v) is 12.6. The maximum atomic E-state index is 11.3. The van der Waals surface area contributed by atoms with Gasteiger partial charge in [-0.05, 0) is 80.2 Å². The molecule has 1 aliphatic rings. The SMILES string of the molecule is C\C=C/C(=C\C(=C\c1nc2ccccc2s1)C1CCC([N+](=O)[O-])CC1)N(C)c1ccccc1C.